The molecule has 0 unspecified atom stereocenters. The Labute approximate surface area is 221 Å². The average Bonchev–Trinajstić information content (AvgIpc) is 3.23. The molecule has 0 spiro atoms. The minimum absolute atomic E-state index is 0.0233. The topological polar surface area (TPSA) is 117 Å². The van der Waals surface area contributed by atoms with E-state index in [1.807, 2.05) is 24.3 Å². The summed E-state index contributed by atoms with van der Waals surface area (Å²) in [6.07, 6.45) is -1.33. The molecule has 1 N–H and O–H groups in total. The lowest BCUT2D eigenvalue weighted by Gasteiger charge is -2.14. The van der Waals surface area contributed by atoms with E-state index in [-0.39, 0.29) is 30.6 Å². The number of carbonyl (C=O) groups is 2. The van der Waals surface area contributed by atoms with E-state index in [1.54, 1.807) is 0 Å². The summed E-state index contributed by atoms with van der Waals surface area (Å²) in [5, 5.41) is 13.4. The predicted molar refractivity (Wildman–Crippen MR) is 143 cm³/mol. The number of hydrogen-bond donors (Lipinski definition) is 1. The second-order valence-electron chi connectivity index (χ2n) is 7.85. The van der Waals surface area contributed by atoms with Gasteiger partial charge in [0.15, 0.2) is 0 Å². The number of non-ortho nitro benzene ring substituents is 1. The van der Waals surface area contributed by atoms with Crippen LogP contribution in [0.25, 0.3) is 11.1 Å². The molecule has 0 heterocycles. The minimum atomic E-state index is -0.878. The summed E-state index contributed by atoms with van der Waals surface area (Å²) in [6.45, 7) is 0.857. The van der Waals surface area contributed by atoms with E-state index in [0.29, 0.717) is 18.1 Å². The molecule has 3 aromatic rings. The number of nitro benzene ring substituents is 1. The number of nitrogens with one attached hydrogen (secondary N) is 1. The van der Waals surface area contributed by atoms with E-state index in [1.165, 1.54) is 68.1 Å². The van der Waals surface area contributed by atoms with Crippen molar-refractivity contribution in [2.75, 3.05) is 31.3 Å². The van der Waals surface area contributed by atoms with Crippen molar-refractivity contribution in [3.63, 3.8) is 0 Å². The van der Waals surface area contributed by atoms with Crippen molar-refractivity contribution >= 4 is 39.5 Å². The fraction of sp³-hybridized carbons (Fsp3) is 0.231. The molecule has 11 heteroatoms. The summed E-state index contributed by atoms with van der Waals surface area (Å²) in [5.74, 6) is 1.37. The number of nitro groups is 1. The van der Waals surface area contributed by atoms with Crippen molar-refractivity contribution in [1.29, 1.82) is 0 Å². The Balaban J connectivity index is 1.06. The van der Waals surface area contributed by atoms with E-state index in [4.69, 9.17) is 14.2 Å². The first kappa shape index (κ1) is 26.4. The minimum Gasteiger partial charge on any atom is -0.449 e. The van der Waals surface area contributed by atoms with E-state index in [2.05, 4.69) is 29.6 Å². The molecule has 0 fully saturated rings. The Hall–Kier alpha value is -3.70. The number of nitrogens with zero attached hydrogens (tertiary/aromatic N) is 1. The monoisotopic (exact) mass is 540 g/mol. The fourth-order valence-electron chi connectivity index (χ4n) is 3.88. The first-order valence-electron chi connectivity index (χ1n) is 11.5. The molecule has 37 heavy (non-hydrogen) atoms. The lowest BCUT2D eigenvalue weighted by molar-refractivity contribution is -0.384. The van der Waals surface area contributed by atoms with Gasteiger partial charge >= 0.3 is 12.2 Å². The second-order valence-corrected chi connectivity index (χ2v) is 10.5. The van der Waals surface area contributed by atoms with Crippen molar-refractivity contribution in [3.8, 4) is 16.9 Å². The molecule has 1 aliphatic rings. The summed E-state index contributed by atoms with van der Waals surface area (Å²) in [7, 11) is 3.02. The first-order valence-corrected chi connectivity index (χ1v) is 13.9. The summed E-state index contributed by atoms with van der Waals surface area (Å²) >= 11 is 0. The Kier molecular flexibility index (Phi) is 9.28. The maximum Gasteiger partial charge on any atom is 0.513 e. The van der Waals surface area contributed by atoms with Crippen molar-refractivity contribution < 1.29 is 28.7 Å². The van der Waals surface area contributed by atoms with Gasteiger partial charge in [0.05, 0.1) is 4.92 Å². The standard InChI is InChI=1S/C26H24N2O7S2/c29-25(34-17-24-22-7-3-1-5-20(22)21-6-2-4-8-23(21)24)27-13-15-36-37-16-14-33-26(30)35-19-11-9-18(10-12-19)28(31)32/h1-12,24H,13-17H2,(H,27,29). The molecular formula is C26H24N2O7S2. The lowest BCUT2D eigenvalue weighted by Crippen LogP contribution is -2.27. The van der Waals surface area contributed by atoms with Gasteiger partial charge in [0.25, 0.3) is 5.69 Å². The van der Waals surface area contributed by atoms with E-state index < -0.39 is 17.2 Å². The van der Waals surface area contributed by atoms with Crippen molar-refractivity contribution in [2.24, 2.45) is 0 Å². The zero-order valence-electron chi connectivity index (χ0n) is 19.7. The molecule has 0 atom stereocenters. The highest BCUT2D eigenvalue weighted by Gasteiger charge is 2.28. The number of fused-ring (bicyclic) bond motifs is 3. The number of benzene rings is 3. The van der Waals surface area contributed by atoms with Crippen molar-refractivity contribution in [2.45, 2.75) is 5.92 Å². The average molecular weight is 541 g/mol. The third kappa shape index (κ3) is 7.17. The van der Waals surface area contributed by atoms with Crippen LogP contribution in [0, 0.1) is 10.1 Å². The van der Waals surface area contributed by atoms with Crippen LogP contribution in [0.15, 0.2) is 72.8 Å². The molecule has 3 aromatic carbocycles. The second kappa shape index (κ2) is 13.0. The van der Waals surface area contributed by atoms with Crippen LogP contribution in [-0.2, 0) is 9.47 Å². The smallest absolute Gasteiger partial charge is 0.449 e. The fourth-order valence-corrected chi connectivity index (χ4v) is 5.62. The Morgan fingerprint density at radius 3 is 2.14 bits per heavy atom. The Morgan fingerprint density at radius 2 is 1.49 bits per heavy atom. The third-order valence-electron chi connectivity index (χ3n) is 5.52. The van der Waals surface area contributed by atoms with Gasteiger partial charge in [-0.05, 0) is 34.4 Å². The van der Waals surface area contributed by atoms with Gasteiger partial charge in [-0.3, -0.25) is 10.1 Å². The van der Waals surface area contributed by atoms with Crippen LogP contribution in [0.5, 0.6) is 5.75 Å². The molecule has 0 aliphatic heterocycles. The van der Waals surface area contributed by atoms with Crippen LogP contribution >= 0.6 is 21.6 Å². The van der Waals surface area contributed by atoms with E-state index in [9.17, 15) is 19.7 Å². The highest BCUT2D eigenvalue weighted by atomic mass is 33.1. The molecule has 9 nitrogen and oxygen atoms in total. The van der Waals surface area contributed by atoms with Gasteiger partial charge in [0, 0.05) is 36.1 Å². The Morgan fingerprint density at radius 1 is 0.865 bits per heavy atom. The van der Waals surface area contributed by atoms with Crippen LogP contribution in [0.4, 0.5) is 15.3 Å². The van der Waals surface area contributed by atoms with Gasteiger partial charge in [-0.2, -0.15) is 0 Å². The normalized spacial score (nSPS) is 11.8. The predicted octanol–water partition coefficient (Wildman–Crippen LogP) is 6.03. The summed E-state index contributed by atoms with van der Waals surface area (Å²) in [5.41, 5.74) is 4.61. The largest absolute Gasteiger partial charge is 0.513 e. The van der Waals surface area contributed by atoms with Crippen LogP contribution in [-0.4, -0.2) is 48.4 Å². The highest BCUT2D eigenvalue weighted by Crippen LogP contribution is 2.44. The van der Waals surface area contributed by atoms with Gasteiger partial charge in [0.1, 0.15) is 19.0 Å². The third-order valence-corrected chi connectivity index (χ3v) is 7.89. The summed E-state index contributed by atoms with van der Waals surface area (Å²) < 4.78 is 15.4. The number of carbonyl (C=O) groups excluding carboxylic acids is 2. The SMILES string of the molecule is O=C(NCCSSCCOC(=O)Oc1ccc([N+](=O)[O-])cc1)OCC1c2ccccc2-c2ccccc21. The maximum atomic E-state index is 12.2. The van der Waals surface area contributed by atoms with Gasteiger partial charge in [0.2, 0.25) is 0 Å². The van der Waals surface area contributed by atoms with Gasteiger partial charge < -0.3 is 19.5 Å². The molecule has 192 valence electrons. The quantitative estimate of drug-likeness (QED) is 0.0777. The lowest BCUT2D eigenvalue weighted by atomic mass is 9.98. The van der Waals surface area contributed by atoms with Crippen molar-refractivity contribution in [3.05, 3.63) is 94.0 Å². The van der Waals surface area contributed by atoms with Gasteiger partial charge in [-0.15, -0.1) is 0 Å². The van der Waals surface area contributed by atoms with Crippen LogP contribution in [0.1, 0.15) is 17.0 Å². The van der Waals surface area contributed by atoms with Crippen LogP contribution in [0.3, 0.4) is 0 Å². The van der Waals surface area contributed by atoms with E-state index >= 15 is 0 Å². The van der Waals surface area contributed by atoms with Crippen molar-refractivity contribution in [1.82, 2.24) is 5.32 Å². The van der Waals surface area contributed by atoms with E-state index in [0.717, 1.165) is 0 Å². The highest BCUT2D eigenvalue weighted by molar-refractivity contribution is 8.76. The van der Waals surface area contributed by atoms with Crippen LogP contribution in [0.2, 0.25) is 0 Å². The molecule has 0 aromatic heterocycles. The number of ether oxygens (including phenoxy) is 3. The number of hydrogen-bond acceptors (Lipinski definition) is 9. The molecule has 4 rings (SSSR count). The maximum absolute atomic E-state index is 12.2. The Bertz CT molecular complexity index is 1210. The molecular weight excluding hydrogens is 516 g/mol. The summed E-state index contributed by atoms with van der Waals surface area (Å²) in [6, 6.07) is 21.5. The zero-order valence-corrected chi connectivity index (χ0v) is 21.3. The molecule has 0 saturated carbocycles. The molecule has 0 radical (unpaired) electrons. The number of rotatable bonds is 11. The first-order chi connectivity index (χ1) is 18.0. The molecule has 1 aliphatic carbocycles. The molecule has 0 saturated heterocycles. The van der Waals surface area contributed by atoms with Gasteiger partial charge in [-0.25, -0.2) is 9.59 Å². The number of alkyl carbamates (subject to hydrolysis) is 1. The molecule has 0 bridgehead atoms. The van der Waals surface area contributed by atoms with Crippen LogP contribution < -0.4 is 10.1 Å². The number of amides is 1. The zero-order chi connectivity index (χ0) is 26.0. The van der Waals surface area contributed by atoms with Gasteiger partial charge in [-0.1, -0.05) is 70.1 Å². The molecule has 1 amide bonds. The summed E-state index contributed by atoms with van der Waals surface area (Å²) in [4.78, 5) is 34.0.